The molecule has 0 unspecified atom stereocenters. The number of nitriles is 1. The Balaban J connectivity index is 1.74. The van der Waals surface area contributed by atoms with Crippen molar-refractivity contribution in [3.05, 3.63) is 59.4 Å². The Morgan fingerprint density at radius 2 is 1.90 bits per heavy atom. The lowest BCUT2D eigenvalue weighted by Gasteiger charge is -1.99. The van der Waals surface area contributed by atoms with E-state index >= 15 is 0 Å². The Hall–Kier alpha value is -2.80. The van der Waals surface area contributed by atoms with E-state index in [-0.39, 0.29) is 0 Å². The van der Waals surface area contributed by atoms with E-state index in [2.05, 4.69) is 16.0 Å². The first-order valence-electron chi connectivity index (χ1n) is 6.48. The molecule has 0 fully saturated rings. The fraction of sp³-hybridized carbons (Fsp3) is 0.125. The van der Waals surface area contributed by atoms with Crippen LogP contribution in [-0.4, -0.2) is 9.97 Å². The number of fused-ring (bicyclic) bond motifs is 1. The van der Waals surface area contributed by atoms with Gasteiger partial charge >= 0.3 is 0 Å². The van der Waals surface area contributed by atoms with Crippen molar-refractivity contribution in [2.75, 3.05) is 5.73 Å². The number of hydrogen-bond acceptors (Lipinski definition) is 3. The van der Waals surface area contributed by atoms with E-state index in [1.54, 1.807) is 0 Å². The smallest absolute Gasteiger partial charge is 0.107 e. The number of benzene rings is 2. The molecule has 98 valence electrons. The van der Waals surface area contributed by atoms with Gasteiger partial charge in [0.05, 0.1) is 22.7 Å². The van der Waals surface area contributed by atoms with Crippen LogP contribution in [0.25, 0.3) is 11.0 Å². The molecule has 0 aliphatic rings. The molecule has 20 heavy (non-hydrogen) atoms. The zero-order valence-electron chi connectivity index (χ0n) is 10.9. The lowest BCUT2D eigenvalue weighted by atomic mass is 10.1. The zero-order valence-corrected chi connectivity index (χ0v) is 10.9. The first kappa shape index (κ1) is 12.2. The minimum Gasteiger partial charge on any atom is -0.399 e. The van der Waals surface area contributed by atoms with Crippen molar-refractivity contribution in [2.24, 2.45) is 0 Å². The maximum absolute atomic E-state index is 8.76. The molecule has 4 heteroatoms. The van der Waals surface area contributed by atoms with Crippen molar-refractivity contribution < 1.29 is 0 Å². The van der Waals surface area contributed by atoms with Gasteiger partial charge in [0.15, 0.2) is 0 Å². The molecule has 0 spiro atoms. The van der Waals surface area contributed by atoms with Crippen LogP contribution in [0.15, 0.2) is 42.5 Å². The number of nitrogen functional groups attached to an aromatic ring is 1. The van der Waals surface area contributed by atoms with Gasteiger partial charge < -0.3 is 10.7 Å². The number of aromatic amines is 1. The van der Waals surface area contributed by atoms with E-state index in [1.165, 1.54) is 5.56 Å². The molecule has 4 nitrogen and oxygen atoms in total. The Bertz CT molecular complexity index is 778. The van der Waals surface area contributed by atoms with Gasteiger partial charge in [0, 0.05) is 12.1 Å². The molecule has 0 amide bonds. The van der Waals surface area contributed by atoms with Crippen LogP contribution in [0.4, 0.5) is 5.69 Å². The lowest BCUT2D eigenvalue weighted by molar-refractivity contribution is 0.890. The highest BCUT2D eigenvalue weighted by molar-refractivity contribution is 5.78. The van der Waals surface area contributed by atoms with Crippen molar-refractivity contribution in [1.29, 1.82) is 5.26 Å². The number of aryl methyl sites for hydroxylation is 2. The van der Waals surface area contributed by atoms with Crippen LogP contribution in [0.3, 0.4) is 0 Å². The third kappa shape index (κ3) is 2.47. The monoisotopic (exact) mass is 262 g/mol. The van der Waals surface area contributed by atoms with E-state index in [1.807, 2.05) is 42.5 Å². The highest BCUT2D eigenvalue weighted by atomic mass is 14.9. The molecule has 0 atom stereocenters. The third-order valence-corrected chi connectivity index (χ3v) is 3.29. The summed E-state index contributed by atoms with van der Waals surface area (Å²) < 4.78 is 0. The third-order valence-electron chi connectivity index (χ3n) is 3.29. The summed E-state index contributed by atoms with van der Waals surface area (Å²) in [7, 11) is 0. The maximum atomic E-state index is 8.76. The van der Waals surface area contributed by atoms with Crippen molar-refractivity contribution in [3.8, 4) is 6.07 Å². The van der Waals surface area contributed by atoms with Crippen molar-refractivity contribution >= 4 is 16.7 Å². The second kappa shape index (κ2) is 5.06. The molecule has 0 aliphatic heterocycles. The molecule has 0 bridgehead atoms. The predicted molar refractivity (Wildman–Crippen MR) is 79.1 cm³/mol. The molecular formula is C16H14N4. The lowest BCUT2D eigenvalue weighted by Crippen LogP contribution is -1.93. The molecule has 2 aromatic carbocycles. The van der Waals surface area contributed by atoms with Gasteiger partial charge in [0.2, 0.25) is 0 Å². The van der Waals surface area contributed by atoms with Gasteiger partial charge in [0.1, 0.15) is 5.82 Å². The Morgan fingerprint density at radius 1 is 1.10 bits per heavy atom. The molecular weight excluding hydrogens is 248 g/mol. The molecule has 0 saturated heterocycles. The largest absolute Gasteiger partial charge is 0.399 e. The zero-order chi connectivity index (χ0) is 13.9. The summed E-state index contributed by atoms with van der Waals surface area (Å²) in [5.41, 5.74) is 10.3. The summed E-state index contributed by atoms with van der Waals surface area (Å²) in [6.07, 6.45) is 1.72. The van der Waals surface area contributed by atoms with E-state index in [0.29, 0.717) is 5.56 Å². The second-order valence-electron chi connectivity index (χ2n) is 4.77. The number of hydrogen-bond donors (Lipinski definition) is 2. The molecule has 3 aromatic rings. The minimum absolute atomic E-state index is 0.688. The summed E-state index contributed by atoms with van der Waals surface area (Å²) in [5.74, 6) is 0.954. The maximum Gasteiger partial charge on any atom is 0.107 e. The Kier molecular flexibility index (Phi) is 3.10. The summed E-state index contributed by atoms with van der Waals surface area (Å²) >= 11 is 0. The van der Waals surface area contributed by atoms with Crippen molar-refractivity contribution in [1.82, 2.24) is 9.97 Å². The number of imidazole rings is 1. The van der Waals surface area contributed by atoms with Gasteiger partial charge in [-0.05, 0) is 42.3 Å². The molecule has 3 N–H and O–H groups in total. The van der Waals surface area contributed by atoms with Gasteiger partial charge in [-0.25, -0.2) is 4.98 Å². The summed E-state index contributed by atoms with van der Waals surface area (Å²) in [5, 5.41) is 8.76. The van der Waals surface area contributed by atoms with Gasteiger partial charge in [0.25, 0.3) is 0 Å². The highest BCUT2D eigenvalue weighted by Gasteiger charge is 2.03. The predicted octanol–water partition coefficient (Wildman–Crippen LogP) is 2.80. The van der Waals surface area contributed by atoms with Gasteiger partial charge in [-0.3, -0.25) is 0 Å². The van der Waals surface area contributed by atoms with Crippen LogP contribution in [0.5, 0.6) is 0 Å². The number of anilines is 1. The van der Waals surface area contributed by atoms with Gasteiger partial charge in [-0.15, -0.1) is 0 Å². The highest BCUT2D eigenvalue weighted by Crippen LogP contribution is 2.16. The SMILES string of the molecule is N#Cc1ccc(CCc2nc3ccc(N)cc3[nH]2)cc1. The molecule has 1 heterocycles. The number of nitrogens with zero attached hydrogens (tertiary/aromatic N) is 2. The number of nitrogens with one attached hydrogen (secondary N) is 1. The number of aromatic nitrogens is 2. The summed E-state index contributed by atoms with van der Waals surface area (Å²) in [6, 6.07) is 15.4. The van der Waals surface area contributed by atoms with Crippen LogP contribution in [0.1, 0.15) is 17.0 Å². The van der Waals surface area contributed by atoms with Crippen LogP contribution in [0.2, 0.25) is 0 Å². The van der Waals surface area contributed by atoms with E-state index in [4.69, 9.17) is 11.0 Å². The normalized spacial score (nSPS) is 10.6. The van der Waals surface area contributed by atoms with E-state index in [9.17, 15) is 0 Å². The fourth-order valence-corrected chi connectivity index (χ4v) is 2.21. The number of nitrogens with two attached hydrogens (primary N) is 1. The fourth-order valence-electron chi connectivity index (χ4n) is 2.21. The van der Waals surface area contributed by atoms with E-state index < -0.39 is 0 Å². The topological polar surface area (TPSA) is 78.5 Å². The average molecular weight is 262 g/mol. The molecule has 0 radical (unpaired) electrons. The van der Waals surface area contributed by atoms with Crippen LogP contribution in [0, 0.1) is 11.3 Å². The molecule has 1 aromatic heterocycles. The quantitative estimate of drug-likeness (QED) is 0.712. The number of H-pyrrole nitrogens is 1. The molecule has 3 rings (SSSR count). The van der Waals surface area contributed by atoms with E-state index in [0.717, 1.165) is 35.4 Å². The van der Waals surface area contributed by atoms with Crippen molar-refractivity contribution in [3.63, 3.8) is 0 Å². The number of rotatable bonds is 3. The minimum atomic E-state index is 0.688. The van der Waals surface area contributed by atoms with Crippen LogP contribution >= 0.6 is 0 Å². The second-order valence-corrected chi connectivity index (χ2v) is 4.77. The Labute approximate surface area is 116 Å². The van der Waals surface area contributed by atoms with Crippen LogP contribution in [-0.2, 0) is 12.8 Å². The average Bonchev–Trinajstić information content (AvgIpc) is 2.87. The first-order valence-corrected chi connectivity index (χ1v) is 6.48. The summed E-state index contributed by atoms with van der Waals surface area (Å²) in [4.78, 5) is 7.82. The first-order chi connectivity index (χ1) is 9.74. The Morgan fingerprint density at radius 3 is 2.65 bits per heavy atom. The van der Waals surface area contributed by atoms with Gasteiger partial charge in [-0.1, -0.05) is 12.1 Å². The van der Waals surface area contributed by atoms with Crippen LogP contribution < -0.4 is 5.73 Å². The van der Waals surface area contributed by atoms with Gasteiger partial charge in [-0.2, -0.15) is 5.26 Å². The molecule has 0 aliphatic carbocycles. The van der Waals surface area contributed by atoms with Crippen molar-refractivity contribution in [2.45, 2.75) is 12.8 Å². The summed E-state index contributed by atoms with van der Waals surface area (Å²) in [6.45, 7) is 0. The standard InChI is InChI=1S/C16H14N4/c17-10-12-3-1-11(2-4-12)5-8-16-19-14-7-6-13(18)9-15(14)20-16/h1-4,6-7,9H,5,8,18H2,(H,19,20). The molecule has 0 saturated carbocycles.